The highest BCUT2D eigenvalue weighted by Gasteiger charge is 2.33. The number of carbonyl (C=O) groups is 2. The molecule has 2 aliphatic rings. The van der Waals surface area contributed by atoms with E-state index >= 15 is 0 Å². The topological polar surface area (TPSA) is 102 Å². The van der Waals surface area contributed by atoms with Gasteiger partial charge in [0.25, 0.3) is 11.6 Å². The molecule has 1 atom stereocenters. The molecule has 0 saturated heterocycles. The Hall–Kier alpha value is -3.13. The van der Waals surface area contributed by atoms with E-state index in [0.717, 1.165) is 24.8 Å². The van der Waals surface area contributed by atoms with Crippen molar-refractivity contribution in [3.05, 3.63) is 63.2 Å². The maximum Gasteiger partial charge on any atom is 0.271 e. The average Bonchev–Trinajstić information content (AvgIpc) is 2.68. The summed E-state index contributed by atoms with van der Waals surface area (Å²) in [6.45, 7) is -0.464. The van der Waals surface area contributed by atoms with Gasteiger partial charge < -0.3 is 10.1 Å². The third-order valence-electron chi connectivity index (χ3n) is 5.56. The standard InChI is InChI=1S/C21H20ClN3O5/c22-15-6-4-14(5-7-15)21(13-2-1-3-13)23-19(26)11-24-17-10-16(25(28)29)8-9-18(17)30-12-20(24)27/h4-10,13,21H,1-3,11-12H2,(H,23,26). The van der Waals surface area contributed by atoms with Crippen LogP contribution in [0.4, 0.5) is 11.4 Å². The summed E-state index contributed by atoms with van der Waals surface area (Å²) in [5.74, 6) is -0.107. The Morgan fingerprint density at radius 2 is 2.00 bits per heavy atom. The van der Waals surface area contributed by atoms with Crippen molar-refractivity contribution in [2.75, 3.05) is 18.1 Å². The number of fused-ring (bicyclic) bond motifs is 1. The van der Waals surface area contributed by atoms with Gasteiger partial charge in [-0.3, -0.25) is 24.6 Å². The van der Waals surface area contributed by atoms with Crippen LogP contribution in [-0.4, -0.2) is 29.9 Å². The van der Waals surface area contributed by atoms with Crippen molar-refractivity contribution in [3.63, 3.8) is 0 Å². The molecule has 8 nitrogen and oxygen atoms in total. The molecule has 1 aliphatic carbocycles. The Morgan fingerprint density at radius 3 is 2.63 bits per heavy atom. The van der Waals surface area contributed by atoms with Crippen molar-refractivity contribution in [3.8, 4) is 5.75 Å². The molecule has 1 fully saturated rings. The zero-order chi connectivity index (χ0) is 21.3. The minimum atomic E-state index is -0.551. The van der Waals surface area contributed by atoms with Gasteiger partial charge in [-0.25, -0.2) is 0 Å². The normalized spacial score (nSPS) is 16.8. The van der Waals surface area contributed by atoms with Crippen LogP contribution in [-0.2, 0) is 9.59 Å². The van der Waals surface area contributed by atoms with Crippen LogP contribution in [0.1, 0.15) is 30.9 Å². The lowest BCUT2D eigenvalue weighted by Gasteiger charge is -2.35. The Kier molecular flexibility index (Phi) is 5.59. The summed E-state index contributed by atoms with van der Waals surface area (Å²) in [5.41, 5.74) is 1.01. The molecule has 9 heteroatoms. The van der Waals surface area contributed by atoms with Gasteiger partial charge in [0.05, 0.1) is 16.7 Å². The summed E-state index contributed by atoms with van der Waals surface area (Å²) in [7, 11) is 0. The number of hydrogen-bond donors (Lipinski definition) is 1. The number of nitrogens with zero attached hydrogens (tertiary/aromatic N) is 2. The number of rotatable bonds is 6. The first-order valence-corrected chi connectivity index (χ1v) is 10.1. The van der Waals surface area contributed by atoms with Gasteiger partial charge in [-0.15, -0.1) is 0 Å². The van der Waals surface area contributed by atoms with E-state index in [2.05, 4.69) is 5.32 Å². The molecule has 156 valence electrons. The molecular weight excluding hydrogens is 410 g/mol. The highest BCUT2D eigenvalue weighted by atomic mass is 35.5. The van der Waals surface area contributed by atoms with Crippen LogP contribution < -0.4 is 15.0 Å². The van der Waals surface area contributed by atoms with Crippen molar-refractivity contribution >= 4 is 34.8 Å². The molecule has 2 aromatic rings. The fourth-order valence-corrected chi connectivity index (χ4v) is 3.88. The Labute approximate surface area is 177 Å². The molecule has 1 heterocycles. The van der Waals surface area contributed by atoms with Crippen LogP contribution in [0, 0.1) is 16.0 Å². The van der Waals surface area contributed by atoms with Crippen LogP contribution in [0.5, 0.6) is 5.75 Å². The Morgan fingerprint density at radius 1 is 1.27 bits per heavy atom. The second kappa shape index (κ2) is 8.31. The van der Waals surface area contributed by atoms with Crippen molar-refractivity contribution < 1.29 is 19.2 Å². The third-order valence-corrected chi connectivity index (χ3v) is 5.82. The van der Waals surface area contributed by atoms with Crippen molar-refractivity contribution in [1.82, 2.24) is 5.32 Å². The van der Waals surface area contributed by atoms with Crippen molar-refractivity contribution in [2.45, 2.75) is 25.3 Å². The van der Waals surface area contributed by atoms with Crippen LogP contribution >= 0.6 is 11.6 Å². The first-order valence-electron chi connectivity index (χ1n) is 9.69. The lowest BCUT2D eigenvalue weighted by Crippen LogP contribution is -2.47. The maximum absolute atomic E-state index is 12.9. The van der Waals surface area contributed by atoms with Gasteiger partial charge in [0.1, 0.15) is 12.3 Å². The van der Waals surface area contributed by atoms with E-state index in [1.165, 1.54) is 23.1 Å². The van der Waals surface area contributed by atoms with E-state index in [-0.39, 0.29) is 36.5 Å². The maximum atomic E-state index is 12.9. The smallest absolute Gasteiger partial charge is 0.271 e. The second-order valence-corrected chi connectivity index (χ2v) is 7.90. The molecule has 2 aromatic carbocycles. The molecule has 2 amide bonds. The largest absolute Gasteiger partial charge is 0.482 e. The Balaban J connectivity index is 1.54. The monoisotopic (exact) mass is 429 g/mol. The molecule has 4 rings (SSSR count). The molecule has 0 aromatic heterocycles. The number of hydrogen-bond acceptors (Lipinski definition) is 5. The first-order chi connectivity index (χ1) is 14.4. The van der Waals surface area contributed by atoms with E-state index < -0.39 is 10.8 Å². The van der Waals surface area contributed by atoms with E-state index in [1.54, 1.807) is 12.1 Å². The second-order valence-electron chi connectivity index (χ2n) is 7.47. The SMILES string of the molecule is O=C(CN1C(=O)COc2ccc([N+](=O)[O-])cc21)NC(c1ccc(Cl)cc1)C1CCC1. The summed E-state index contributed by atoms with van der Waals surface area (Å²) in [6, 6.07) is 11.2. The van der Waals surface area contributed by atoms with Crippen molar-refractivity contribution in [2.24, 2.45) is 5.92 Å². The van der Waals surface area contributed by atoms with Gasteiger partial charge in [-0.05, 0) is 42.5 Å². The number of carbonyl (C=O) groups excluding carboxylic acids is 2. The van der Waals surface area contributed by atoms with Crippen molar-refractivity contribution in [1.29, 1.82) is 0 Å². The molecule has 0 bridgehead atoms. The highest BCUT2D eigenvalue weighted by molar-refractivity contribution is 6.30. The summed E-state index contributed by atoms with van der Waals surface area (Å²) < 4.78 is 5.35. The zero-order valence-electron chi connectivity index (χ0n) is 16.0. The lowest BCUT2D eigenvalue weighted by molar-refractivity contribution is -0.384. The summed E-state index contributed by atoms with van der Waals surface area (Å²) in [5, 5.41) is 14.8. The number of benzene rings is 2. The highest BCUT2D eigenvalue weighted by Crippen LogP contribution is 2.38. The van der Waals surface area contributed by atoms with Gasteiger partial charge in [0.15, 0.2) is 6.61 Å². The number of anilines is 1. The van der Waals surface area contributed by atoms with Gasteiger partial charge in [-0.1, -0.05) is 30.2 Å². The predicted molar refractivity (Wildman–Crippen MR) is 111 cm³/mol. The molecular formula is C21H20ClN3O5. The lowest BCUT2D eigenvalue weighted by atomic mass is 9.77. The predicted octanol–water partition coefficient (Wildman–Crippen LogP) is 3.63. The van der Waals surface area contributed by atoms with Gasteiger partial charge in [0.2, 0.25) is 5.91 Å². The number of non-ortho nitro benzene ring substituents is 1. The molecule has 0 spiro atoms. The number of amides is 2. The molecule has 1 saturated carbocycles. The summed E-state index contributed by atoms with van der Waals surface area (Å²) in [4.78, 5) is 37.1. The van der Waals surface area contributed by atoms with Crippen LogP contribution in [0.15, 0.2) is 42.5 Å². The minimum Gasteiger partial charge on any atom is -0.482 e. The number of nitro groups is 1. The fraction of sp³-hybridized carbons (Fsp3) is 0.333. The van der Waals surface area contributed by atoms with Crippen LogP contribution in [0.25, 0.3) is 0 Å². The Bertz CT molecular complexity index is 991. The number of halogens is 1. The van der Waals surface area contributed by atoms with E-state index in [1.807, 2.05) is 12.1 Å². The zero-order valence-corrected chi connectivity index (χ0v) is 16.8. The van der Waals surface area contributed by atoms with Gasteiger partial charge in [0, 0.05) is 17.2 Å². The molecule has 1 aliphatic heterocycles. The van der Waals surface area contributed by atoms with E-state index in [0.29, 0.717) is 16.7 Å². The van der Waals surface area contributed by atoms with Gasteiger partial charge in [-0.2, -0.15) is 0 Å². The fourth-order valence-electron chi connectivity index (χ4n) is 3.76. The minimum absolute atomic E-state index is 0.175. The van der Waals surface area contributed by atoms with Crippen LogP contribution in [0.2, 0.25) is 5.02 Å². The van der Waals surface area contributed by atoms with E-state index in [9.17, 15) is 19.7 Å². The first kappa shape index (κ1) is 20.2. The molecule has 1 N–H and O–H groups in total. The van der Waals surface area contributed by atoms with Gasteiger partial charge >= 0.3 is 0 Å². The molecule has 30 heavy (non-hydrogen) atoms. The number of nitrogens with one attached hydrogen (secondary N) is 1. The third kappa shape index (κ3) is 4.09. The summed E-state index contributed by atoms with van der Waals surface area (Å²) in [6.07, 6.45) is 3.14. The molecule has 0 radical (unpaired) electrons. The number of ether oxygens (including phenoxy) is 1. The average molecular weight is 430 g/mol. The van der Waals surface area contributed by atoms with Crippen LogP contribution in [0.3, 0.4) is 0 Å². The molecule has 1 unspecified atom stereocenters. The van der Waals surface area contributed by atoms with E-state index in [4.69, 9.17) is 16.3 Å². The summed E-state index contributed by atoms with van der Waals surface area (Å²) >= 11 is 5.99. The quantitative estimate of drug-likeness (QED) is 0.558. The number of nitro benzene ring substituents is 1.